The lowest BCUT2D eigenvalue weighted by atomic mass is 10.1. The van der Waals surface area contributed by atoms with E-state index in [-0.39, 0.29) is 36.3 Å². The monoisotopic (exact) mass is 628 g/mol. The summed E-state index contributed by atoms with van der Waals surface area (Å²) in [5.41, 5.74) is 7.45. The molecule has 2 N–H and O–H groups in total. The van der Waals surface area contributed by atoms with Crippen molar-refractivity contribution < 1.29 is 18.9 Å². The fourth-order valence-electron chi connectivity index (χ4n) is 5.27. The average Bonchev–Trinajstić information content (AvgIpc) is 2.97. The lowest BCUT2D eigenvalue weighted by molar-refractivity contribution is -0.973. The summed E-state index contributed by atoms with van der Waals surface area (Å²) < 4.78 is 0.883. The van der Waals surface area contributed by atoms with Crippen LogP contribution in [0.5, 0.6) is 0 Å². The molecule has 40 heavy (non-hydrogen) atoms. The van der Waals surface area contributed by atoms with Crippen LogP contribution in [0.1, 0.15) is 31.1 Å². The minimum atomic E-state index is -0.0133. The summed E-state index contributed by atoms with van der Waals surface area (Å²) >= 11 is 3.10. The van der Waals surface area contributed by atoms with Gasteiger partial charge in [-0.1, -0.05) is 107 Å². The van der Waals surface area contributed by atoms with Crippen molar-refractivity contribution >= 4 is 45.7 Å². The Bertz CT molecular complexity index is 1160. The molecule has 0 aliphatic carbocycles. The first-order valence-corrected chi connectivity index (χ1v) is 14.1. The number of ketones is 3. The molecule has 0 unspecified atom stereocenters. The van der Waals surface area contributed by atoms with Crippen LogP contribution in [0.2, 0.25) is 0 Å². The second kappa shape index (κ2) is 15.3. The van der Waals surface area contributed by atoms with Crippen molar-refractivity contribution in [2.75, 3.05) is 58.4 Å². The molecule has 4 heterocycles. The van der Waals surface area contributed by atoms with Crippen LogP contribution < -0.4 is 5.73 Å². The molecule has 8 nitrogen and oxygen atoms in total. The molecule has 0 spiro atoms. The molecular weight excluding hydrogens is 594 g/mol. The highest BCUT2D eigenvalue weighted by molar-refractivity contribution is 9.09. The number of hydrogen-bond donors (Lipinski definition) is 1. The van der Waals surface area contributed by atoms with Gasteiger partial charge in [0.25, 0.3) is 0 Å². The summed E-state index contributed by atoms with van der Waals surface area (Å²) in [6.07, 6.45) is 0. The number of alkyl halides is 1. The second-order valence-electron chi connectivity index (χ2n) is 10.1. The zero-order valence-electron chi connectivity index (χ0n) is 22.4. The van der Waals surface area contributed by atoms with Crippen LogP contribution in [-0.2, 0) is 0 Å². The normalized spacial score (nSPS) is 23.4. The topological polar surface area (TPSA) is 86.9 Å². The smallest absolute Gasteiger partial charge is 0.217 e. The molecule has 3 aromatic rings. The maximum atomic E-state index is 12.5. The van der Waals surface area contributed by atoms with E-state index in [0.717, 1.165) is 55.6 Å². The molecule has 0 saturated carbocycles. The van der Waals surface area contributed by atoms with Gasteiger partial charge < -0.3 is 5.73 Å². The van der Waals surface area contributed by atoms with Crippen LogP contribution >= 0.6 is 28.3 Å². The predicted octanol–water partition coefficient (Wildman–Crippen LogP) is 3.89. The molecule has 3 aromatic carbocycles. The minimum Gasteiger partial charge on any atom is -0.324 e. The van der Waals surface area contributed by atoms with Crippen LogP contribution in [0.15, 0.2) is 91.0 Å². The van der Waals surface area contributed by atoms with Gasteiger partial charge in [-0.25, -0.2) is 14.7 Å². The predicted molar refractivity (Wildman–Crippen MR) is 162 cm³/mol. The highest BCUT2D eigenvalue weighted by Gasteiger charge is 2.49. The third-order valence-corrected chi connectivity index (χ3v) is 7.28. The Morgan fingerprint density at radius 1 is 0.625 bits per heavy atom. The molecule has 10 heteroatoms. The Morgan fingerprint density at radius 2 is 0.975 bits per heavy atom. The summed E-state index contributed by atoms with van der Waals surface area (Å²) in [5, 5.41) is 0.400. The average molecular weight is 630 g/mol. The number of carbonyl (C=O) groups is 3. The van der Waals surface area contributed by atoms with Crippen molar-refractivity contribution in [3.8, 4) is 0 Å². The Labute approximate surface area is 250 Å². The first-order chi connectivity index (χ1) is 18.9. The quantitative estimate of drug-likeness (QED) is 0.241. The molecule has 4 fully saturated rings. The Balaban J connectivity index is 0.000000180. The molecule has 4 saturated heterocycles. The van der Waals surface area contributed by atoms with Gasteiger partial charge in [0.2, 0.25) is 5.78 Å². The number of carbonyl (C=O) groups excluding carboxylic acids is 3. The minimum absolute atomic E-state index is 0. The van der Waals surface area contributed by atoms with E-state index < -0.39 is 0 Å². The van der Waals surface area contributed by atoms with E-state index in [9.17, 15) is 14.4 Å². The first kappa shape index (κ1) is 31.8. The highest BCUT2D eigenvalue weighted by Crippen LogP contribution is 2.28. The lowest BCUT2D eigenvalue weighted by Crippen LogP contribution is -2.79. The van der Waals surface area contributed by atoms with Gasteiger partial charge >= 0.3 is 0 Å². The van der Waals surface area contributed by atoms with Crippen LogP contribution in [0, 0.1) is 0 Å². The Morgan fingerprint density at radius 3 is 1.32 bits per heavy atom. The fourth-order valence-corrected chi connectivity index (χ4v) is 5.59. The largest absolute Gasteiger partial charge is 0.324 e. The third-order valence-electron chi connectivity index (χ3n) is 6.77. The Kier molecular flexibility index (Phi) is 12.1. The van der Waals surface area contributed by atoms with Gasteiger partial charge in [0.05, 0.1) is 31.9 Å². The number of rotatable bonds is 7. The standard InChI is InChI=1S/C14H19N4O.C8H7BrO.C8H9NO.ClH/c19-14(13-4-2-1-3-5-13)6-18-10-15-7-16(11-18)9-17(8-15)12-18;2*9-6-8(10)7-4-2-1-3-5-7;/h1-5H,6-12H2;1-5H,6H2;1-5H,6,9H2;1H/q+1;;;. The van der Waals surface area contributed by atoms with Gasteiger partial charge in [-0.15, -0.1) is 12.4 Å². The molecule has 0 amide bonds. The van der Waals surface area contributed by atoms with Crippen LogP contribution in [0.4, 0.5) is 0 Å². The van der Waals surface area contributed by atoms with Crippen molar-refractivity contribution in [2.24, 2.45) is 5.73 Å². The van der Waals surface area contributed by atoms with Crippen LogP contribution in [0.3, 0.4) is 0 Å². The van der Waals surface area contributed by atoms with Gasteiger partial charge in [-0.2, -0.15) is 0 Å². The fraction of sp³-hybridized carbons (Fsp3) is 0.300. The molecule has 0 aromatic heterocycles. The van der Waals surface area contributed by atoms with E-state index in [2.05, 4.69) is 30.6 Å². The number of quaternary nitrogens is 1. The van der Waals surface area contributed by atoms with Crippen LogP contribution in [0.25, 0.3) is 0 Å². The van der Waals surface area contributed by atoms with Crippen molar-refractivity contribution in [3.63, 3.8) is 0 Å². The molecule has 212 valence electrons. The summed E-state index contributed by atoms with van der Waals surface area (Å²) in [6, 6.07) is 27.9. The SMILES string of the molecule is Cl.NCC(=O)c1ccccc1.O=C(CBr)c1ccccc1.O=C(C[N+]12CN3CN(CN(C3)C1)C2)c1ccccc1. The molecule has 4 aliphatic rings. The lowest BCUT2D eigenvalue weighted by Gasteiger charge is -2.60. The number of hydrogen-bond acceptors (Lipinski definition) is 7. The van der Waals surface area contributed by atoms with E-state index in [0.29, 0.717) is 17.4 Å². The third kappa shape index (κ3) is 8.62. The second-order valence-corrected chi connectivity index (χ2v) is 10.6. The maximum Gasteiger partial charge on any atom is 0.217 e. The summed E-state index contributed by atoms with van der Waals surface area (Å²) in [5.74, 6) is 0.382. The van der Waals surface area contributed by atoms with Gasteiger partial charge in [0.1, 0.15) is 26.6 Å². The van der Waals surface area contributed by atoms with E-state index in [1.54, 1.807) is 12.1 Å². The number of nitrogens with zero attached hydrogens (tertiary/aromatic N) is 4. The van der Waals surface area contributed by atoms with E-state index in [1.165, 1.54) is 0 Å². The number of benzene rings is 3. The zero-order chi connectivity index (χ0) is 27.7. The molecule has 4 aliphatic heterocycles. The van der Waals surface area contributed by atoms with Gasteiger partial charge in [0, 0.05) is 16.7 Å². The van der Waals surface area contributed by atoms with Gasteiger partial charge in [-0.05, 0) is 0 Å². The molecule has 0 radical (unpaired) electrons. The molecule has 0 atom stereocenters. The highest BCUT2D eigenvalue weighted by atomic mass is 79.9. The van der Waals surface area contributed by atoms with Gasteiger partial charge in [-0.3, -0.25) is 18.9 Å². The van der Waals surface area contributed by atoms with E-state index >= 15 is 0 Å². The molecule has 7 rings (SSSR count). The van der Waals surface area contributed by atoms with Crippen molar-refractivity contribution in [1.82, 2.24) is 14.7 Å². The summed E-state index contributed by atoms with van der Waals surface area (Å²) in [4.78, 5) is 41.6. The van der Waals surface area contributed by atoms with E-state index in [1.807, 2.05) is 78.9 Å². The maximum absolute atomic E-state index is 12.5. The summed E-state index contributed by atoms with van der Waals surface area (Å²) in [6.45, 7) is 6.96. The number of nitrogens with two attached hydrogens (primary N) is 1. The van der Waals surface area contributed by atoms with Crippen molar-refractivity contribution in [3.05, 3.63) is 108 Å². The number of Topliss-reactive ketones (excluding diaryl/α,β-unsaturated/α-hetero) is 3. The van der Waals surface area contributed by atoms with Gasteiger partial charge in [0.15, 0.2) is 11.6 Å². The van der Waals surface area contributed by atoms with Crippen LogP contribution in [-0.4, -0.2) is 95.0 Å². The molecule has 4 bridgehead atoms. The number of halogens is 2. The van der Waals surface area contributed by atoms with Crippen molar-refractivity contribution in [1.29, 1.82) is 0 Å². The zero-order valence-corrected chi connectivity index (χ0v) is 24.8. The molecular formula is C30H36BrClN5O3+. The first-order valence-electron chi connectivity index (χ1n) is 12.9. The Hall–Kier alpha value is -2.76. The van der Waals surface area contributed by atoms with Crippen molar-refractivity contribution in [2.45, 2.75) is 0 Å². The van der Waals surface area contributed by atoms with E-state index in [4.69, 9.17) is 5.73 Å². The summed E-state index contributed by atoms with van der Waals surface area (Å²) in [7, 11) is 0.